The number of carboxylic acids is 1. The SMILES string of the molecule is C[C@@H](O)[C@H](CNI)C(=O)O. The number of hydrogen-bond donors (Lipinski definition) is 3. The third-order valence-electron chi connectivity index (χ3n) is 1.20. The van der Waals surface area contributed by atoms with Gasteiger partial charge in [-0.1, -0.05) is 0 Å². The standard InChI is InChI=1S/C5H10INO3/c1-3(8)4(2-7-6)5(9)10/h3-4,7-8H,2H2,1H3,(H,9,10)/t3-,4+/m1/s1. The molecule has 0 bridgehead atoms. The van der Waals surface area contributed by atoms with E-state index in [1.807, 2.05) is 22.9 Å². The molecule has 0 saturated heterocycles. The largest absolute Gasteiger partial charge is 0.481 e. The second kappa shape index (κ2) is 4.86. The highest BCUT2D eigenvalue weighted by Gasteiger charge is 2.21. The van der Waals surface area contributed by atoms with E-state index in [-0.39, 0.29) is 6.54 Å². The smallest absolute Gasteiger partial charge is 0.310 e. The molecule has 0 aliphatic heterocycles. The van der Waals surface area contributed by atoms with Gasteiger partial charge < -0.3 is 10.2 Å². The van der Waals surface area contributed by atoms with E-state index in [0.29, 0.717) is 0 Å². The van der Waals surface area contributed by atoms with Crippen LogP contribution in [0.2, 0.25) is 0 Å². The van der Waals surface area contributed by atoms with Gasteiger partial charge in [0.05, 0.1) is 12.0 Å². The maximum absolute atomic E-state index is 10.3. The first-order chi connectivity index (χ1) is 4.59. The number of aliphatic carboxylic acids is 1. The van der Waals surface area contributed by atoms with Crippen LogP contribution >= 0.6 is 22.9 Å². The van der Waals surface area contributed by atoms with Crippen molar-refractivity contribution in [2.45, 2.75) is 13.0 Å². The van der Waals surface area contributed by atoms with E-state index >= 15 is 0 Å². The number of hydrogen-bond acceptors (Lipinski definition) is 3. The summed E-state index contributed by atoms with van der Waals surface area (Å²) in [5.74, 6) is -1.68. The van der Waals surface area contributed by atoms with Gasteiger partial charge in [0.15, 0.2) is 0 Å². The molecule has 4 nitrogen and oxygen atoms in total. The second-order valence-corrected chi connectivity index (χ2v) is 2.79. The minimum Gasteiger partial charge on any atom is -0.481 e. The fourth-order valence-corrected chi connectivity index (χ4v) is 1.02. The Balaban J connectivity index is 3.85. The van der Waals surface area contributed by atoms with E-state index in [1.54, 1.807) is 0 Å². The Morgan fingerprint density at radius 3 is 2.40 bits per heavy atom. The highest BCUT2D eigenvalue weighted by molar-refractivity contribution is 14.1. The van der Waals surface area contributed by atoms with Crippen LogP contribution in [0.3, 0.4) is 0 Å². The molecule has 0 aromatic carbocycles. The normalized spacial score (nSPS) is 16.3. The van der Waals surface area contributed by atoms with Crippen molar-refractivity contribution in [3.8, 4) is 0 Å². The van der Waals surface area contributed by atoms with Crippen LogP contribution in [0.4, 0.5) is 0 Å². The lowest BCUT2D eigenvalue weighted by molar-refractivity contribution is -0.144. The average molecular weight is 259 g/mol. The van der Waals surface area contributed by atoms with E-state index < -0.39 is 18.0 Å². The van der Waals surface area contributed by atoms with Crippen LogP contribution in [-0.4, -0.2) is 28.8 Å². The van der Waals surface area contributed by atoms with Crippen molar-refractivity contribution in [1.82, 2.24) is 3.53 Å². The van der Waals surface area contributed by atoms with Crippen LogP contribution < -0.4 is 3.53 Å². The summed E-state index contributed by atoms with van der Waals surface area (Å²) in [4.78, 5) is 10.3. The van der Waals surface area contributed by atoms with Gasteiger partial charge in [0, 0.05) is 29.4 Å². The number of nitrogens with one attached hydrogen (secondary N) is 1. The zero-order valence-corrected chi connectivity index (χ0v) is 7.70. The lowest BCUT2D eigenvalue weighted by Gasteiger charge is -2.12. The third kappa shape index (κ3) is 3.33. The molecular formula is C5H10INO3. The predicted octanol–water partition coefficient (Wildman–Crippen LogP) is 0.00760. The van der Waals surface area contributed by atoms with Crippen LogP contribution in [0.1, 0.15) is 6.92 Å². The maximum Gasteiger partial charge on any atom is 0.310 e. The Morgan fingerprint density at radius 1 is 1.80 bits per heavy atom. The molecule has 0 heterocycles. The zero-order valence-electron chi connectivity index (χ0n) is 5.54. The number of aliphatic hydroxyl groups excluding tert-OH is 1. The molecule has 0 rings (SSSR count). The molecule has 0 fully saturated rings. The molecule has 0 amide bonds. The molecule has 3 N–H and O–H groups in total. The topological polar surface area (TPSA) is 69.6 Å². The van der Waals surface area contributed by atoms with Crippen LogP contribution in [0.25, 0.3) is 0 Å². The van der Waals surface area contributed by atoms with Crippen LogP contribution in [0.15, 0.2) is 0 Å². The first-order valence-electron chi connectivity index (χ1n) is 2.84. The van der Waals surface area contributed by atoms with Gasteiger partial charge in [-0.3, -0.25) is 8.32 Å². The first kappa shape index (κ1) is 10.1. The van der Waals surface area contributed by atoms with E-state index in [9.17, 15) is 4.79 Å². The molecule has 2 atom stereocenters. The fourth-order valence-electron chi connectivity index (χ4n) is 0.547. The van der Waals surface area contributed by atoms with Gasteiger partial charge in [-0.05, 0) is 6.92 Å². The van der Waals surface area contributed by atoms with Crippen molar-refractivity contribution in [2.75, 3.05) is 6.54 Å². The quantitative estimate of drug-likeness (QED) is 0.491. The van der Waals surface area contributed by atoms with Gasteiger partial charge in [-0.2, -0.15) is 0 Å². The minimum absolute atomic E-state index is 0.285. The molecule has 0 saturated carbocycles. The molecule has 10 heavy (non-hydrogen) atoms. The number of rotatable bonds is 4. The van der Waals surface area contributed by atoms with Crippen LogP contribution in [0, 0.1) is 5.92 Å². The van der Waals surface area contributed by atoms with Crippen molar-refractivity contribution in [3.05, 3.63) is 0 Å². The summed E-state index contributed by atoms with van der Waals surface area (Å²) in [6.07, 6.45) is -0.806. The van der Waals surface area contributed by atoms with Gasteiger partial charge in [0.1, 0.15) is 0 Å². The zero-order chi connectivity index (χ0) is 8.15. The molecule has 60 valence electrons. The maximum atomic E-state index is 10.3. The van der Waals surface area contributed by atoms with Crippen molar-refractivity contribution < 1.29 is 15.0 Å². The number of halogens is 1. The van der Waals surface area contributed by atoms with E-state index in [1.165, 1.54) is 6.92 Å². The molecule has 0 radical (unpaired) electrons. The number of carboxylic acid groups (broad SMARTS) is 1. The lowest BCUT2D eigenvalue weighted by Crippen LogP contribution is -2.32. The summed E-state index contributed by atoms with van der Waals surface area (Å²) < 4.78 is 2.66. The molecular weight excluding hydrogens is 249 g/mol. The Bertz CT molecular complexity index is 117. The second-order valence-electron chi connectivity index (χ2n) is 2.02. The van der Waals surface area contributed by atoms with Crippen molar-refractivity contribution in [1.29, 1.82) is 0 Å². The Labute approximate surface area is 73.1 Å². The summed E-state index contributed by atoms with van der Waals surface area (Å²) in [6.45, 7) is 1.75. The van der Waals surface area contributed by atoms with Gasteiger partial charge in [-0.25, -0.2) is 0 Å². The summed E-state index contributed by atoms with van der Waals surface area (Å²) in [7, 11) is 0. The molecule has 0 spiro atoms. The molecule has 5 heteroatoms. The number of carbonyl (C=O) groups is 1. The monoisotopic (exact) mass is 259 g/mol. The number of aliphatic hydroxyl groups is 1. The van der Waals surface area contributed by atoms with E-state index in [4.69, 9.17) is 10.2 Å². The first-order valence-corrected chi connectivity index (χ1v) is 3.91. The summed E-state index contributed by atoms with van der Waals surface area (Å²) in [5.41, 5.74) is 0. The minimum atomic E-state index is -0.973. The van der Waals surface area contributed by atoms with Crippen LogP contribution in [-0.2, 0) is 4.79 Å². The molecule has 0 unspecified atom stereocenters. The van der Waals surface area contributed by atoms with Gasteiger partial charge in [0.25, 0.3) is 0 Å². The van der Waals surface area contributed by atoms with Gasteiger partial charge in [0.2, 0.25) is 0 Å². The summed E-state index contributed by atoms with van der Waals surface area (Å²) >= 11 is 1.84. The Kier molecular flexibility index (Phi) is 4.92. The third-order valence-corrected chi connectivity index (χ3v) is 1.64. The van der Waals surface area contributed by atoms with Crippen molar-refractivity contribution in [3.63, 3.8) is 0 Å². The van der Waals surface area contributed by atoms with Gasteiger partial charge in [-0.15, -0.1) is 0 Å². The lowest BCUT2D eigenvalue weighted by atomic mass is 10.1. The summed E-state index contributed by atoms with van der Waals surface area (Å²) in [5, 5.41) is 17.4. The molecule has 0 aliphatic carbocycles. The Hall–Kier alpha value is 0.120. The fraction of sp³-hybridized carbons (Fsp3) is 0.800. The molecule has 0 aliphatic rings. The summed E-state index contributed by atoms with van der Waals surface area (Å²) in [6, 6.07) is 0. The predicted molar refractivity (Wildman–Crippen MR) is 44.8 cm³/mol. The Morgan fingerprint density at radius 2 is 2.30 bits per heavy atom. The molecule has 0 aromatic heterocycles. The van der Waals surface area contributed by atoms with E-state index in [2.05, 4.69) is 3.53 Å². The van der Waals surface area contributed by atoms with Gasteiger partial charge >= 0.3 is 5.97 Å². The van der Waals surface area contributed by atoms with Crippen molar-refractivity contribution in [2.24, 2.45) is 5.92 Å². The highest BCUT2D eigenvalue weighted by Crippen LogP contribution is 2.02. The highest BCUT2D eigenvalue weighted by atomic mass is 127. The van der Waals surface area contributed by atoms with Crippen LogP contribution in [0.5, 0.6) is 0 Å². The average Bonchev–Trinajstić information content (AvgIpc) is 1.81. The molecule has 0 aromatic rings. The van der Waals surface area contributed by atoms with E-state index in [0.717, 1.165) is 0 Å². The van der Waals surface area contributed by atoms with Crippen molar-refractivity contribution >= 4 is 28.8 Å².